The zero-order valence-electron chi connectivity index (χ0n) is 16.4. The third-order valence-electron chi connectivity index (χ3n) is 4.88. The van der Waals surface area contributed by atoms with Gasteiger partial charge in [0.15, 0.2) is 6.04 Å². The summed E-state index contributed by atoms with van der Waals surface area (Å²) in [5, 5.41) is 0. The molecule has 0 radical (unpaired) electrons. The molecule has 0 saturated heterocycles. The van der Waals surface area contributed by atoms with Crippen LogP contribution in [0.4, 0.5) is 5.69 Å². The lowest BCUT2D eigenvalue weighted by Crippen LogP contribution is -2.59. The van der Waals surface area contributed by atoms with Gasteiger partial charge in [0.05, 0.1) is 10.6 Å². The van der Waals surface area contributed by atoms with Crippen molar-refractivity contribution < 1.29 is 22.7 Å². The summed E-state index contributed by atoms with van der Waals surface area (Å²) in [5.74, 6) is -0.176. The summed E-state index contributed by atoms with van der Waals surface area (Å²) in [7, 11) is -4.04. The molecule has 0 bridgehead atoms. The fourth-order valence-corrected chi connectivity index (χ4v) is 5.55. The second kappa shape index (κ2) is 6.74. The Morgan fingerprint density at radius 3 is 2.41 bits per heavy atom. The van der Waals surface area contributed by atoms with Crippen molar-refractivity contribution in [3.63, 3.8) is 0 Å². The normalized spacial score (nSPS) is 20.0. The molecule has 0 N–H and O–H groups in total. The van der Waals surface area contributed by atoms with Crippen LogP contribution in [0.2, 0.25) is 0 Å². The number of hydrogen-bond acceptors (Lipinski definition) is 5. The first-order valence-electron chi connectivity index (χ1n) is 9.34. The molecule has 4 rings (SSSR count). The molecule has 1 fully saturated rings. The van der Waals surface area contributed by atoms with Gasteiger partial charge < -0.3 is 9.47 Å². The van der Waals surface area contributed by atoms with E-state index in [0.29, 0.717) is 28.8 Å². The number of rotatable bonds is 3. The van der Waals surface area contributed by atoms with Gasteiger partial charge in [-0.05, 0) is 63.9 Å². The second-order valence-corrected chi connectivity index (χ2v) is 11.1. The van der Waals surface area contributed by atoms with E-state index in [1.807, 2.05) is 0 Å². The summed E-state index contributed by atoms with van der Waals surface area (Å²) in [4.78, 5) is 13.3. The van der Waals surface area contributed by atoms with Crippen LogP contribution in [0.3, 0.4) is 0 Å². The smallest absolute Gasteiger partial charge is 0.334 e. The Bertz CT molecular complexity index is 1060. The number of carbonyl (C=O) groups is 1. The predicted molar refractivity (Wildman–Crippen MR) is 112 cm³/mol. The maximum atomic E-state index is 13.7. The first-order valence-corrected chi connectivity index (χ1v) is 11.6. The Kier molecular flexibility index (Phi) is 4.70. The van der Waals surface area contributed by atoms with Crippen molar-refractivity contribution >= 4 is 37.6 Å². The predicted octanol–water partition coefficient (Wildman–Crippen LogP) is 4.28. The summed E-state index contributed by atoms with van der Waals surface area (Å²) in [5.41, 5.74) is -1.35. The number of carbonyl (C=O) groups excluding carboxylic acids is 1. The van der Waals surface area contributed by atoms with Crippen LogP contribution >= 0.6 is 15.9 Å². The van der Waals surface area contributed by atoms with Crippen molar-refractivity contribution in [3.05, 3.63) is 53.0 Å². The van der Waals surface area contributed by atoms with E-state index in [1.165, 1.54) is 16.4 Å². The summed E-state index contributed by atoms with van der Waals surface area (Å²) in [6, 6.07) is 12.2. The first-order chi connectivity index (χ1) is 13.5. The van der Waals surface area contributed by atoms with Crippen LogP contribution < -0.4 is 9.04 Å². The molecule has 1 unspecified atom stereocenters. The minimum atomic E-state index is -4.04. The molecule has 1 aliphatic carbocycles. The number of anilines is 1. The molecule has 2 aromatic carbocycles. The summed E-state index contributed by atoms with van der Waals surface area (Å²) < 4.78 is 41.1. The summed E-state index contributed by atoms with van der Waals surface area (Å²) >= 11 is 3.40. The Labute approximate surface area is 179 Å². The fourth-order valence-electron chi connectivity index (χ4n) is 3.52. The molecule has 8 heteroatoms. The van der Waals surface area contributed by atoms with E-state index in [9.17, 15) is 13.2 Å². The van der Waals surface area contributed by atoms with Crippen molar-refractivity contribution in [2.75, 3.05) is 4.31 Å². The minimum Gasteiger partial charge on any atom is -0.482 e. The molecule has 1 atom stereocenters. The third-order valence-corrected chi connectivity index (χ3v) is 7.16. The maximum absolute atomic E-state index is 13.7. The van der Waals surface area contributed by atoms with E-state index in [2.05, 4.69) is 15.9 Å². The van der Waals surface area contributed by atoms with E-state index in [0.717, 1.165) is 0 Å². The van der Waals surface area contributed by atoms with Crippen molar-refractivity contribution in [1.29, 1.82) is 0 Å². The quantitative estimate of drug-likeness (QED) is 0.614. The maximum Gasteiger partial charge on any atom is 0.334 e. The number of esters is 1. The van der Waals surface area contributed by atoms with Gasteiger partial charge in [-0.25, -0.2) is 17.5 Å². The van der Waals surface area contributed by atoms with Crippen molar-refractivity contribution in [2.45, 2.75) is 55.8 Å². The van der Waals surface area contributed by atoms with Crippen molar-refractivity contribution in [1.82, 2.24) is 0 Å². The van der Waals surface area contributed by atoms with Crippen LogP contribution in [0.25, 0.3) is 0 Å². The van der Waals surface area contributed by atoms with Gasteiger partial charge in [-0.15, -0.1) is 0 Å². The topological polar surface area (TPSA) is 72.9 Å². The molecule has 1 spiro atoms. The number of hydrogen-bond donors (Lipinski definition) is 0. The number of fused-ring (bicyclic) bond motifs is 1. The third kappa shape index (κ3) is 3.64. The van der Waals surface area contributed by atoms with Crippen molar-refractivity contribution in [3.8, 4) is 5.75 Å². The molecule has 0 aromatic heterocycles. The monoisotopic (exact) mass is 479 g/mol. The zero-order valence-corrected chi connectivity index (χ0v) is 18.8. The number of ether oxygens (including phenoxy) is 2. The number of halogens is 1. The molecule has 6 nitrogen and oxygen atoms in total. The Balaban J connectivity index is 1.92. The van der Waals surface area contributed by atoms with Gasteiger partial charge in [-0.2, -0.15) is 0 Å². The van der Waals surface area contributed by atoms with Crippen LogP contribution in [-0.2, 0) is 19.6 Å². The molecule has 0 amide bonds. The van der Waals surface area contributed by atoms with E-state index < -0.39 is 33.2 Å². The molecule has 1 aliphatic heterocycles. The first kappa shape index (κ1) is 20.2. The van der Waals surface area contributed by atoms with Gasteiger partial charge in [-0.1, -0.05) is 34.1 Å². The number of benzene rings is 2. The van der Waals surface area contributed by atoms with Crippen LogP contribution in [0, 0.1) is 0 Å². The Morgan fingerprint density at radius 2 is 1.83 bits per heavy atom. The number of sulfonamides is 1. The highest BCUT2D eigenvalue weighted by Gasteiger charge is 2.64. The van der Waals surface area contributed by atoms with Gasteiger partial charge >= 0.3 is 5.97 Å². The van der Waals surface area contributed by atoms with E-state index >= 15 is 0 Å². The lowest BCUT2D eigenvalue weighted by Gasteiger charge is -2.42. The van der Waals surface area contributed by atoms with Gasteiger partial charge in [-0.3, -0.25) is 0 Å². The summed E-state index contributed by atoms with van der Waals surface area (Å²) in [6.45, 7) is 5.28. The molecule has 2 aromatic rings. The van der Waals surface area contributed by atoms with Crippen LogP contribution in [-0.4, -0.2) is 31.6 Å². The zero-order chi connectivity index (χ0) is 21.0. The van der Waals surface area contributed by atoms with E-state index in [1.54, 1.807) is 57.2 Å². The SMILES string of the molecule is CC(C)(C)OC(=O)C1N(S(=O)(=O)c2ccccc2)c2cc(Br)ccc2OC12CC2. The Morgan fingerprint density at radius 1 is 1.17 bits per heavy atom. The fraction of sp³-hybridized carbons (Fsp3) is 0.381. The van der Waals surface area contributed by atoms with E-state index in [4.69, 9.17) is 9.47 Å². The minimum absolute atomic E-state index is 0.109. The van der Waals surface area contributed by atoms with Crippen LogP contribution in [0.5, 0.6) is 5.75 Å². The summed E-state index contributed by atoms with van der Waals surface area (Å²) in [6.07, 6.45) is 1.15. The molecule has 1 heterocycles. The van der Waals surface area contributed by atoms with Gasteiger partial charge in [0.1, 0.15) is 17.0 Å². The van der Waals surface area contributed by atoms with Crippen LogP contribution in [0.1, 0.15) is 33.6 Å². The van der Waals surface area contributed by atoms with E-state index in [-0.39, 0.29) is 4.90 Å². The van der Waals surface area contributed by atoms with Gasteiger partial charge in [0.25, 0.3) is 10.0 Å². The average molecular weight is 480 g/mol. The van der Waals surface area contributed by atoms with Crippen molar-refractivity contribution in [2.24, 2.45) is 0 Å². The highest BCUT2D eigenvalue weighted by molar-refractivity contribution is 9.10. The lowest BCUT2D eigenvalue weighted by atomic mass is 10.0. The largest absolute Gasteiger partial charge is 0.482 e. The van der Waals surface area contributed by atoms with Gasteiger partial charge in [0.2, 0.25) is 0 Å². The highest BCUT2D eigenvalue weighted by Crippen LogP contribution is 2.54. The lowest BCUT2D eigenvalue weighted by molar-refractivity contribution is -0.159. The van der Waals surface area contributed by atoms with Gasteiger partial charge in [0, 0.05) is 4.47 Å². The highest BCUT2D eigenvalue weighted by atomic mass is 79.9. The molecule has 29 heavy (non-hydrogen) atoms. The molecule has 154 valence electrons. The van der Waals surface area contributed by atoms with Crippen LogP contribution in [0.15, 0.2) is 57.9 Å². The molecule has 2 aliphatic rings. The standard InChI is InChI=1S/C21H22BrNO5S/c1-20(2,3)28-19(24)18-21(11-12-21)27-17-10-9-14(22)13-16(17)23(18)29(25,26)15-7-5-4-6-8-15/h4-10,13,18H,11-12H2,1-3H3. The Hall–Kier alpha value is -2.06. The second-order valence-electron chi connectivity index (χ2n) is 8.33. The molecular formula is C21H22BrNO5S. The molecule has 1 saturated carbocycles. The average Bonchev–Trinajstić information content (AvgIpc) is 3.39. The molecular weight excluding hydrogens is 458 g/mol. The number of nitrogens with zero attached hydrogens (tertiary/aromatic N) is 1.